The zero-order valence-corrected chi connectivity index (χ0v) is 9.35. The van der Waals surface area contributed by atoms with Crippen LogP contribution in [-0.4, -0.2) is 26.2 Å². The maximum atomic E-state index is 12.7. The SMILES string of the molecule is CS(=O)(=O)CC(=O)Cc1cc(F)cc(F)c1. The Kier molecular flexibility index (Phi) is 3.74. The first-order valence-corrected chi connectivity index (χ1v) is 6.47. The molecule has 1 rings (SSSR count). The third-order valence-corrected chi connectivity index (χ3v) is 2.59. The lowest BCUT2D eigenvalue weighted by Gasteiger charge is -2.01. The fourth-order valence-electron chi connectivity index (χ4n) is 1.28. The van der Waals surface area contributed by atoms with E-state index in [1.165, 1.54) is 0 Å². The van der Waals surface area contributed by atoms with Crippen LogP contribution in [0.25, 0.3) is 0 Å². The van der Waals surface area contributed by atoms with Crippen molar-refractivity contribution >= 4 is 15.6 Å². The zero-order chi connectivity index (χ0) is 12.3. The van der Waals surface area contributed by atoms with E-state index in [0.29, 0.717) is 6.07 Å². The van der Waals surface area contributed by atoms with Crippen molar-refractivity contribution in [1.29, 1.82) is 0 Å². The van der Waals surface area contributed by atoms with Gasteiger partial charge in [0.2, 0.25) is 0 Å². The van der Waals surface area contributed by atoms with E-state index in [2.05, 4.69) is 0 Å². The summed E-state index contributed by atoms with van der Waals surface area (Å²) in [5.74, 6) is -2.79. The minimum Gasteiger partial charge on any atom is -0.298 e. The lowest BCUT2D eigenvalue weighted by Crippen LogP contribution is -2.16. The van der Waals surface area contributed by atoms with Gasteiger partial charge in [-0.1, -0.05) is 0 Å². The predicted octanol–water partition coefficient (Wildman–Crippen LogP) is 1.12. The standard InChI is InChI=1S/C10H10F2O3S/c1-16(14,15)6-10(13)4-7-2-8(11)5-9(12)3-7/h2-3,5H,4,6H2,1H3. The summed E-state index contributed by atoms with van der Waals surface area (Å²) in [7, 11) is -3.40. The van der Waals surface area contributed by atoms with Crippen molar-refractivity contribution in [2.24, 2.45) is 0 Å². The Bertz CT molecular complexity index is 489. The summed E-state index contributed by atoms with van der Waals surface area (Å²) in [5.41, 5.74) is 0.131. The Labute approximate surface area is 92.0 Å². The van der Waals surface area contributed by atoms with Crippen LogP contribution < -0.4 is 0 Å². The molecule has 0 N–H and O–H groups in total. The van der Waals surface area contributed by atoms with Crippen LogP contribution in [0.5, 0.6) is 0 Å². The average molecular weight is 248 g/mol. The van der Waals surface area contributed by atoms with Gasteiger partial charge in [0, 0.05) is 18.7 Å². The molecular weight excluding hydrogens is 238 g/mol. The Morgan fingerprint density at radius 1 is 1.19 bits per heavy atom. The number of Topliss-reactive ketones (excluding diaryl/α,β-unsaturated/α-hetero) is 1. The molecule has 0 aliphatic heterocycles. The smallest absolute Gasteiger partial charge is 0.154 e. The molecule has 0 unspecified atom stereocenters. The summed E-state index contributed by atoms with van der Waals surface area (Å²) >= 11 is 0. The summed E-state index contributed by atoms with van der Waals surface area (Å²) in [6, 6.07) is 2.69. The Morgan fingerprint density at radius 2 is 1.69 bits per heavy atom. The lowest BCUT2D eigenvalue weighted by molar-refractivity contribution is -0.116. The number of benzene rings is 1. The number of carbonyl (C=O) groups excluding carboxylic acids is 1. The maximum absolute atomic E-state index is 12.7. The number of sulfone groups is 1. The minimum atomic E-state index is -3.40. The van der Waals surface area contributed by atoms with E-state index in [0.717, 1.165) is 18.4 Å². The van der Waals surface area contributed by atoms with Gasteiger partial charge in [0.05, 0.1) is 0 Å². The molecule has 0 saturated heterocycles. The lowest BCUT2D eigenvalue weighted by atomic mass is 10.1. The first-order chi connectivity index (χ1) is 7.26. The van der Waals surface area contributed by atoms with Crippen LogP contribution in [0.3, 0.4) is 0 Å². The fourth-order valence-corrected chi connectivity index (χ4v) is 1.97. The molecule has 88 valence electrons. The molecule has 0 amide bonds. The van der Waals surface area contributed by atoms with Crippen LogP contribution in [0, 0.1) is 11.6 Å². The maximum Gasteiger partial charge on any atom is 0.154 e. The van der Waals surface area contributed by atoms with Gasteiger partial charge in [-0.25, -0.2) is 17.2 Å². The zero-order valence-electron chi connectivity index (χ0n) is 8.54. The van der Waals surface area contributed by atoms with Gasteiger partial charge in [0.15, 0.2) is 15.6 Å². The number of hydrogen-bond donors (Lipinski definition) is 0. The van der Waals surface area contributed by atoms with E-state index in [9.17, 15) is 22.0 Å². The predicted molar refractivity (Wildman–Crippen MR) is 54.8 cm³/mol. The Hall–Kier alpha value is -1.30. The monoisotopic (exact) mass is 248 g/mol. The molecule has 0 aliphatic carbocycles. The molecule has 1 aromatic rings. The first kappa shape index (κ1) is 12.8. The highest BCUT2D eigenvalue weighted by molar-refractivity contribution is 7.91. The largest absolute Gasteiger partial charge is 0.298 e. The quantitative estimate of drug-likeness (QED) is 0.802. The van der Waals surface area contributed by atoms with Gasteiger partial charge in [-0.05, 0) is 17.7 Å². The molecule has 0 heterocycles. The molecule has 0 atom stereocenters. The molecular formula is C10H10F2O3S. The summed E-state index contributed by atoms with van der Waals surface area (Å²) in [4.78, 5) is 11.2. The van der Waals surface area contributed by atoms with Crippen molar-refractivity contribution in [2.45, 2.75) is 6.42 Å². The highest BCUT2D eigenvalue weighted by Gasteiger charge is 2.12. The Balaban J connectivity index is 2.77. The number of halogens is 2. The first-order valence-electron chi connectivity index (χ1n) is 4.41. The fraction of sp³-hybridized carbons (Fsp3) is 0.300. The summed E-state index contributed by atoms with van der Waals surface area (Å²) in [6.45, 7) is 0. The minimum absolute atomic E-state index is 0.131. The van der Waals surface area contributed by atoms with Crippen molar-refractivity contribution in [3.05, 3.63) is 35.4 Å². The van der Waals surface area contributed by atoms with E-state index in [1.54, 1.807) is 0 Å². The van der Waals surface area contributed by atoms with Crippen LogP contribution in [0.1, 0.15) is 5.56 Å². The highest BCUT2D eigenvalue weighted by atomic mass is 32.2. The van der Waals surface area contributed by atoms with Crippen LogP contribution in [0.15, 0.2) is 18.2 Å². The van der Waals surface area contributed by atoms with Crippen molar-refractivity contribution in [2.75, 3.05) is 12.0 Å². The topological polar surface area (TPSA) is 51.2 Å². The molecule has 3 nitrogen and oxygen atoms in total. The van der Waals surface area contributed by atoms with Crippen molar-refractivity contribution in [3.8, 4) is 0 Å². The number of carbonyl (C=O) groups is 1. The van der Waals surface area contributed by atoms with Gasteiger partial charge >= 0.3 is 0 Å². The number of rotatable bonds is 4. The normalized spacial score (nSPS) is 11.4. The van der Waals surface area contributed by atoms with Gasteiger partial charge in [-0.2, -0.15) is 0 Å². The van der Waals surface area contributed by atoms with Gasteiger partial charge in [0.1, 0.15) is 17.4 Å². The van der Waals surface area contributed by atoms with E-state index in [4.69, 9.17) is 0 Å². The highest BCUT2D eigenvalue weighted by Crippen LogP contribution is 2.09. The van der Waals surface area contributed by atoms with Crippen LogP contribution in [0.4, 0.5) is 8.78 Å². The summed E-state index contributed by atoms with van der Waals surface area (Å²) in [5, 5.41) is 0. The van der Waals surface area contributed by atoms with Crippen LogP contribution in [0.2, 0.25) is 0 Å². The molecule has 0 spiro atoms. The summed E-state index contributed by atoms with van der Waals surface area (Å²) < 4.78 is 47.1. The van der Waals surface area contributed by atoms with E-state index < -0.39 is 33.0 Å². The molecule has 6 heteroatoms. The van der Waals surface area contributed by atoms with Crippen molar-refractivity contribution in [1.82, 2.24) is 0 Å². The van der Waals surface area contributed by atoms with Crippen molar-refractivity contribution in [3.63, 3.8) is 0 Å². The molecule has 1 aromatic carbocycles. The van der Waals surface area contributed by atoms with Gasteiger partial charge < -0.3 is 0 Å². The van der Waals surface area contributed by atoms with Crippen molar-refractivity contribution < 1.29 is 22.0 Å². The van der Waals surface area contributed by atoms with E-state index in [1.807, 2.05) is 0 Å². The molecule has 0 saturated carbocycles. The molecule has 0 bridgehead atoms. The third kappa shape index (κ3) is 4.48. The molecule has 0 aliphatic rings. The van der Waals surface area contributed by atoms with Gasteiger partial charge in [-0.3, -0.25) is 4.79 Å². The third-order valence-electron chi connectivity index (χ3n) is 1.75. The van der Waals surface area contributed by atoms with E-state index in [-0.39, 0.29) is 12.0 Å². The molecule has 0 aromatic heterocycles. The van der Waals surface area contributed by atoms with Crippen LogP contribution in [-0.2, 0) is 21.1 Å². The number of ketones is 1. The molecule has 16 heavy (non-hydrogen) atoms. The molecule has 0 fully saturated rings. The Morgan fingerprint density at radius 3 is 2.12 bits per heavy atom. The second-order valence-corrected chi connectivity index (χ2v) is 5.70. The van der Waals surface area contributed by atoms with E-state index >= 15 is 0 Å². The number of hydrogen-bond acceptors (Lipinski definition) is 3. The average Bonchev–Trinajstić information content (AvgIpc) is 1.96. The summed E-state index contributed by atoms with van der Waals surface area (Å²) in [6.07, 6.45) is 0.638. The molecule has 0 radical (unpaired) electrons. The van der Waals surface area contributed by atoms with Gasteiger partial charge in [0.25, 0.3) is 0 Å². The van der Waals surface area contributed by atoms with Gasteiger partial charge in [-0.15, -0.1) is 0 Å². The second-order valence-electron chi connectivity index (χ2n) is 3.56. The van der Waals surface area contributed by atoms with Crippen LogP contribution >= 0.6 is 0 Å². The second kappa shape index (κ2) is 4.69.